The van der Waals surface area contributed by atoms with Crippen LogP contribution in [0.25, 0.3) is 16.0 Å². The third-order valence-corrected chi connectivity index (χ3v) is 6.30. The SMILES string of the molecule is Cc1cc(C)n(-c2ccc(CNC(=O)CCc3nc4sc(C)c(C)c4c(=O)[nH]3)cn2)n1. The van der Waals surface area contributed by atoms with Crippen LogP contribution in [0.3, 0.4) is 0 Å². The number of H-pyrrole nitrogens is 1. The highest BCUT2D eigenvalue weighted by atomic mass is 32.1. The first kappa shape index (κ1) is 20.9. The summed E-state index contributed by atoms with van der Waals surface area (Å²) in [5.74, 6) is 1.17. The molecule has 0 saturated heterocycles. The van der Waals surface area contributed by atoms with Crippen molar-refractivity contribution in [1.82, 2.24) is 30.0 Å². The van der Waals surface area contributed by atoms with Gasteiger partial charge in [-0.05, 0) is 51.0 Å². The summed E-state index contributed by atoms with van der Waals surface area (Å²) in [5.41, 5.74) is 3.68. The Labute approximate surface area is 183 Å². The number of thiophene rings is 1. The lowest BCUT2D eigenvalue weighted by molar-refractivity contribution is -0.121. The van der Waals surface area contributed by atoms with Gasteiger partial charge in [0.25, 0.3) is 5.56 Å². The van der Waals surface area contributed by atoms with E-state index in [9.17, 15) is 9.59 Å². The molecule has 4 heterocycles. The molecule has 4 aromatic rings. The lowest BCUT2D eigenvalue weighted by Gasteiger charge is -2.07. The third kappa shape index (κ3) is 4.41. The molecule has 0 aromatic carbocycles. The third-order valence-electron chi connectivity index (χ3n) is 5.20. The fourth-order valence-electron chi connectivity index (χ4n) is 3.45. The van der Waals surface area contributed by atoms with Gasteiger partial charge < -0.3 is 10.3 Å². The molecule has 8 nitrogen and oxygen atoms in total. The minimum absolute atomic E-state index is 0.107. The Morgan fingerprint density at radius 2 is 2.03 bits per heavy atom. The van der Waals surface area contributed by atoms with Crippen molar-refractivity contribution in [3.05, 3.63) is 68.0 Å². The van der Waals surface area contributed by atoms with Crippen LogP contribution >= 0.6 is 11.3 Å². The van der Waals surface area contributed by atoms with Crippen LogP contribution in [-0.2, 0) is 17.8 Å². The summed E-state index contributed by atoms with van der Waals surface area (Å²) >= 11 is 1.51. The van der Waals surface area contributed by atoms with E-state index in [0.29, 0.717) is 24.2 Å². The van der Waals surface area contributed by atoms with Crippen LogP contribution in [0.15, 0.2) is 29.2 Å². The Bertz CT molecular complexity index is 1320. The summed E-state index contributed by atoms with van der Waals surface area (Å²) in [6.07, 6.45) is 2.36. The molecule has 0 bridgehead atoms. The number of amides is 1. The van der Waals surface area contributed by atoms with Gasteiger partial charge in [-0.2, -0.15) is 5.10 Å². The van der Waals surface area contributed by atoms with Gasteiger partial charge in [-0.15, -0.1) is 11.3 Å². The predicted molar refractivity (Wildman–Crippen MR) is 121 cm³/mol. The summed E-state index contributed by atoms with van der Waals surface area (Å²) < 4.78 is 1.79. The predicted octanol–water partition coefficient (Wildman–Crippen LogP) is 3.05. The van der Waals surface area contributed by atoms with Crippen LogP contribution in [0.2, 0.25) is 0 Å². The zero-order valence-electron chi connectivity index (χ0n) is 17.9. The maximum Gasteiger partial charge on any atom is 0.259 e. The van der Waals surface area contributed by atoms with E-state index in [1.165, 1.54) is 11.3 Å². The number of rotatable bonds is 6. The molecule has 0 aliphatic rings. The Morgan fingerprint density at radius 3 is 2.71 bits per heavy atom. The fraction of sp³-hybridized carbons (Fsp3) is 0.318. The summed E-state index contributed by atoms with van der Waals surface area (Å²) in [5, 5.41) is 7.96. The minimum Gasteiger partial charge on any atom is -0.352 e. The molecule has 4 aromatic heterocycles. The number of pyridine rings is 1. The lowest BCUT2D eigenvalue weighted by atomic mass is 10.2. The average Bonchev–Trinajstić information content (AvgIpc) is 3.22. The molecular formula is C22H24N6O2S. The van der Waals surface area contributed by atoms with Gasteiger partial charge in [0.1, 0.15) is 10.7 Å². The highest BCUT2D eigenvalue weighted by molar-refractivity contribution is 7.18. The van der Waals surface area contributed by atoms with Gasteiger partial charge in [-0.3, -0.25) is 9.59 Å². The van der Waals surface area contributed by atoms with Crippen LogP contribution in [-0.4, -0.2) is 30.6 Å². The van der Waals surface area contributed by atoms with Gasteiger partial charge in [0.2, 0.25) is 5.91 Å². The molecule has 2 N–H and O–H groups in total. The van der Waals surface area contributed by atoms with E-state index in [2.05, 4.69) is 25.4 Å². The molecule has 0 spiro atoms. The molecule has 1 amide bonds. The molecule has 0 aliphatic carbocycles. The van der Waals surface area contributed by atoms with Gasteiger partial charge in [0.05, 0.1) is 11.1 Å². The second kappa shape index (κ2) is 8.43. The maximum atomic E-state index is 12.3. The van der Waals surface area contributed by atoms with E-state index in [0.717, 1.165) is 38.0 Å². The zero-order valence-corrected chi connectivity index (χ0v) is 18.8. The molecule has 9 heteroatoms. The Morgan fingerprint density at radius 1 is 1.23 bits per heavy atom. The first-order valence-corrected chi connectivity index (χ1v) is 10.9. The molecule has 0 fully saturated rings. The van der Waals surface area contributed by atoms with Gasteiger partial charge in [-0.1, -0.05) is 6.07 Å². The molecule has 0 saturated carbocycles. The Balaban J connectivity index is 1.34. The lowest BCUT2D eigenvalue weighted by Crippen LogP contribution is -2.24. The number of carbonyl (C=O) groups excluding carboxylic acids is 1. The number of fused-ring (bicyclic) bond motifs is 1. The van der Waals surface area contributed by atoms with Gasteiger partial charge in [0, 0.05) is 36.2 Å². The molecule has 31 heavy (non-hydrogen) atoms. The van der Waals surface area contributed by atoms with Gasteiger partial charge >= 0.3 is 0 Å². The van der Waals surface area contributed by atoms with Crippen molar-refractivity contribution in [2.75, 3.05) is 0 Å². The summed E-state index contributed by atoms with van der Waals surface area (Å²) in [7, 11) is 0. The van der Waals surface area contributed by atoms with Crippen molar-refractivity contribution in [2.45, 2.75) is 47.1 Å². The van der Waals surface area contributed by atoms with Crippen LogP contribution in [0.4, 0.5) is 0 Å². The van der Waals surface area contributed by atoms with Crippen molar-refractivity contribution in [1.29, 1.82) is 0 Å². The van der Waals surface area contributed by atoms with E-state index in [1.54, 1.807) is 10.9 Å². The average molecular weight is 437 g/mol. The van der Waals surface area contributed by atoms with Crippen molar-refractivity contribution in [2.24, 2.45) is 0 Å². The first-order valence-electron chi connectivity index (χ1n) is 10.1. The topological polar surface area (TPSA) is 106 Å². The molecule has 0 atom stereocenters. The van der Waals surface area contributed by atoms with E-state index in [1.807, 2.05) is 45.9 Å². The summed E-state index contributed by atoms with van der Waals surface area (Å²) in [4.78, 5) is 38.2. The van der Waals surface area contributed by atoms with Crippen LogP contribution < -0.4 is 10.9 Å². The smallest absolute Gasteiger partial charge is 0.259 e. The summed E-state index contributed by atoms with van der Waals surface area (Å²) in [6, 6.07) is 5.81. The van der Waals surface area contributed by atoms with Crippen molar-refractivity contribution >= 4 is 27.5 Å². The minimum atomic E-state index is -0.143. The van der Waals surface area contributed by atoms with Gasteiger partial charge in [0.15, 0.2) is 5.82 Å². The quantitative estimate of drug-likeness (QED) is 0.483. The van der Waals surface area contributed by atoms with E-state index in [-0.39, 0.29) is 17.9 Å². The van der Waals surface area contributed by atoms with E-state index < -0.39 is 0 Å². The largest absolute Gasteiger partial charge is 0.352 e. The van der Waals surface area contributed by atoms with Crippen molar-refractivity contribution < 1.29 is 4.79 Å². The number of nitrogens with zero attached hydrogens (tertiary/aromatic N) is 4. The fourth-order valence-corrected chi connectivity index (χ4v) is 4.49. The molecule has 0 unspecified atom stereocenters. The number of hydrogen-bond donors (Lipinski definition) is 2. The second-order valence-corrected chi connectivity index (χ2v) is 8.82. The maximum absolute atomic E-state index is 12.3. The van der Waals surface area contributed by atoms with Crippen LogP contribution in [0.1, 0.15) is 39.6 Å². The molecular weight excluding hydrogens is 412 g/mol. The highest BCUT2D eigenvalue weighted by Gasteiger charge is 2.13. The molecule has 0 aliphatic heterocycles. The second-order valence-electron chi connectivity index (χ2n) is 7.62. The highest BCUT2D eigenvalue weighted by Crippen LogP contribution is 2.25. The zero-order chi connectivity index (χ0) is 22.1. The Kier molecular flexibility index (Phi) is 5.69. The normalized spacial score (nSPS) is 11.2. The molecule has 4 rings (SSSR count). The van der Waals surface area contributed by atoms with Crippen LogP contribution in [0.5, 0.6) is 0 Å². The summed E-state index contributed by atoms with van der Waals surface area (Å²) in [6.45, 7) is 8.22. The molecule has 160 valence electrons. The standard InChI is InChI=1S/C22H24N6O2S/c1-12-9-13(2)28(27-12)18-7-5-16(10-23-18)11-24-19(29)8-6-17-25-21(30)20-14(3)15(4)31-22(20)26-17/h5,7,9-10H,6,8,11H2,1-4H3,(H,24,29)(H,25,26,30). The van der Waals surface area contributed by atoms with E-state index >= 15 is 0 Å². The monoisotopic (exact) mass is 436 g/mol. The number of aromatic nitrogens is 5. The number of hydrogen-bond acceptors (Lipinski definition) is 6. The van der Waals surface area contributed by atoms with Crippen molar-refractivity contribution in [3.63, 3.8) is 0 Å². The van der Waals surface area contributed by atoms with Crippen molar-refractivity contribution in [3.8, 4) is 5.82 Å². The number of aromatic amines is 1. The molecule has 0 radical (unpaired) electrons. The van der Waals surface area contributed by atoms with Gasteiger partial charge in [-0.25, -0.2) is 14.6 Å². The Hall–Kier alpha value is -3.33. The first-order chi connectivity index (χ1) is 14.8. The number of aryl methyl sites for hydroxylation is 5. The number of carbonyl (C=O) groups is 1. The number of nitrogens with one attached hydrogen (secondary N) is 2. The van der Waals surface area contributed by atoms with E-state index in [4.69, 9.17) is 0 Å². The van der Waals surface area contributed by atoms with Crippen LogP contribution in [0, 0.1) is 27.7 Å².